The summed E-state index contributed by atoms with van der Waals surface area (Å²) >= 11 is 0. The van der Waals surface area contributed by atoms with E-state index in [-0.39, 0.29) is 6.04 Å². The van der Waals surface area contributed by atoms with Crippen LogP contribution in [0.2, 0.25) is 0 Å². The molecule has 3 nitrogen and oxygen atoms in total. The van der Waals surface area contributed by atoms with E-state index in [1.165, 1.54) is 6.42 Å². The fourth-order valence-corrected chi connectivity index (χ4v) is 1.95. The van der Waals surface area contributed by atoms with Gasteiger partial charge in [0.25, 0.3) is 0 Å². The predicted octanol–water partition coefficient (Wildman–Crippen LogP) is 3.53. The first kappa shape index (κ1) is 14.8. The first-order valence-electron chi connectivity index (χ1n) is 6.61. The van der Waals surface area contributed by atoms with E-state index in [9.17, 15) is 0 Å². The third-order valence-corrected chi connectivity index (χ3v) is 2.88. The summed E-state index contributed by atoms with van der Waals surface area (Å²) in [5.41, 5.74) is 6.93. The van der Waals surface area contributed by atoms with Gasteiger partial charge in [-0.05, 0) is 37.8 Å². The minimum absolute atomic E-state index is 0.0961. The molecule has 0 heterocycles. The molecule has 0 spiro atoms. The minimum atomic E-state index is -0.0961. The summed E-state index contributed by atoms with van der Waals surface area (Å²) in [6.45, 7) is 7.11. The molecule has 0 aliphatic rings. The zero-order valence-electron chi connectivity index (χ0n) is 11.9. The van der Waals surface area contributed by atoms with Gasteiger partial charge >= 0.3 is 0 Å². The van der Waals surface area contributed by atoms with Gasteiger partial charge in [0, 0.05) is 6.04 Å². The van der Waals surface area contributed by atoms with E-state index in [1.54, 1.807) is 7.11 Å². The smallest absolute Gasteiger partial charge is 0.127 e. The van der Waals surface area contributed by atoms with Crippen LogP contribution >= 0.6 is 0 Å². The molecule has 1 aromatic rings. The lowest BCUT2D eigenvalue weighted by Gasteiger charge is -2.17. The summed E-state index contributed by atoms with van der Waals surface area (Å²) in [5, 5.41) is 0. The Balaban J connectivity index is 2.69. The van der Waals surface area contributed by atoms with Crippen molar-refractivity contribution in [1.82, 2.24) is 0 Å². The molecule has 2 N–H and O–H groups in total. The van der Waals surface area contributed by atoms with Crippen molar-refractivity contribution in [3.63, 3.8) is 0 Å². The highest BCUT2D eigenvalue weighted by molar-refractivity contribution is 5.46. The minimum Gasteiger partial charge on any atom is -0.496 e. The second-order valence-electron chi connectivity index (χ2n) is 5.05. The average molecular weight is 251 g/mol. The number of nitrogens with two attached hydrogens (primary N) is 1. The Labute approximate surface area is 110 Å². The fraction of sp³-hybridized carbons (Fsp3) is 0.600. The molecule has 102 valence electrons. The van der Waals surface area contributed by atoms with Crippen molar-refractivity contribution < 1.29 is 9.47 Å². The quantitative estimate of drug-likeness (QED) is 0.754. The molecule has 18 heavy (non-hydrogen) atoms. The zero-order valence-corrected chi connectivity index (χ0v) is 11.9. The maximum absolute atomic E-state index is 5.98. The summed E-state index contributed by atoms with van der Waals surface area (Å²) in [6.07, 6.45) is 2.24. The summed E-state index contributed by atoms with van der Waals surface area (Å²) in [7, 11) is 1.66. The first-order valence-corrected chi connectivity index (χ1v) is 6.61. The topological polar surface area (TPSA) is 44.5 Å². The number of hydrogen-bond acceptors (Lipinski definition) is 3. The molecule has 0 saturated carbocycles. The average Bonchev–Trinajstić information content (AvgIpc) is 2.33. The molecule has 0 unspecified atom stereocenters. The molecule has 0 aliphatic carbocycles. The lowest BCUT2D eigenvalue weighted by molar-refractivity contribution is 0.290. The number of ether oxygens (including phenoxy) is 2. The summed E-state index contributed by atoms with van der Waals surface area (Å²) in [5.74, 6) is 2.35. The van der Waals surface area contributed by atoms with E-state index in [2.05, 4.69) is 13.8 Å². The van der Waals surface area contributed by atoms with E-state index in [1.807, 2.05) is 25.1 Å². The molecule has 0 bridgehead atoms. The standard InChI is InChI=1S/C15H25NO2/c1-11(2)7-6-10-18-14-9-5-8-13(17-4)15(14)12(3)16/h5,8-9,11-12H,6-7,10,16H2,1-4H3/t12-/m1/s1. The van der Waals surface area contributed by atoms with Crippen LogP contribution in [0.3, 0.4) is 0 Å². The molecule has 0 saturated heterocycles. The molecule has 1 rings (SSSR count). The van der Waals surface area contributed by atoms with Gasteiger partial charge in [0.05, 0.1) is 19.3 Å². The second-order valence-corrected chi connectivity index (χ2v) is 5.05. The zero-order chi connectivity index (χ0) is 13.5. The number of methoxy groups -OCH3 is 1. The van der Waals surface area contributed by atoms with Gasteiger partial charge in [0.1, 0.15) is 11.5 Å². The van der Waals surface area contributed by atoms with Crippen molar-refractivity contribution in [3.8, 4) is 11.5 Å². The van der Waals surface area contributed by atoms with Crippen molar-refractivity contribution >= 4 is 0 Å². The van der Waals surface area contributed by atoms with Crippen LogP contribution in [0, 0.1) is 5.92 Å². The van der Waals surface area contributed by atoms with Crippen molar-refractivity contribution in [3.05, 3.63) is 23.8 Å². The SMILES string of the molecule is COc1cccc(OCCCC(C)C)c1[C@@H](C)N. The van der Waals surface area contributed by atoms with Crippen molar-refractivity contribution in [2.24, 2.45) is 11.7 Å². The molecule has 0 aromatic heterocycles. The molecule has 0 aliphatic heterocycles. The molecular formula is C15H25NO2. The summed E-state index contributed by atoms with van der Waals surface area (Å²) < 4.78 is 11.2. The van der Waals surface area contributed by atoms with Gasteiger partial charge in [-0.1, -0.05) is 19.9 Å². The van der Waals surface area contributed by atoms with E-state index in [4.69, 9.17) is 15.2 Å². The van der Waals surface area contributed by atoms with E-state index in [0.717, 1.165) is 30.1 Å². The maximum Gasteiger partial charge on any atom is 0.127 e. The van der Waals surface area contributed by atoms with Crippen molar-refractivity contribution in [1.29, 1.82) is 0 Å². The van der Waals surface area contributed by atoms with Crippen LogP contribution in [0.15, 0.2) is 18.2 Å². The molecule has 0 fully saturated rings. The van der Waals surface area contributed by atoms with Crippen LogP contribution in [0.4, 0.5) is 0 Å². The largest absolute Gasteiger partial charge is 0.496 e. The van der Waals surface area contributed by atoms with Crippen LogP contribution in [-0.4, -0.2) is 13.7 Å². The number of hydrogen-bond donors (Lipinski definition) is 1. The highest BCUT2D eigenvalue weighted by Crippen LogP contribution is 2.32. The lowest BCUT2D eigenvalue weighted by Crippen LogP contribution is -2.10. The van der Waals surface area contributed by atoms with Crippen LogP contribution < -0.4 is 15.2 Å². The van der Waals surface area contributed by atoms with E-state index < -0.39 is 0 Å². The van der Waals surface area contributed by atoms with Gasteiger partial charge in [-0.25, -0.2) is 0 Å². The highest BCUT2D eigenvalue weighted by Gasteiger charge is 2.14. The Morgan fingerprint density at radius 3 is 2.39 bits per heavy atom. The predicted molar refractivity (Wildman–Crippen MR) is 75.2 cm³/mol. The van der Waals surface area contributed by atoms with Gasteiger partial charge < -0.3 is 15.2 Å². The van der Waals surface area contributed by atoms with Gasteiger partial charge in [-0.3, -0.25) is 0 Å². The molecule has 0 amide bonds. The molecule has 3 heteroatoms. The summed E-state index contributed by atoms with van der Waals surface area (Å²) in [4.78, 5) is 0. The van der Waals surface area contributed by atoms with Crippen LogP contribution in [-0.2, 0) is 0 Å². The number of rotatable bonds is 7. The summed E-state index contributed by atoms with van der Waals surface area (Å²) in [6, 6.07) is 5.71. The van der Waals surface area contributed by atoms with Crippen molar-refractivity contribution in [2.75, 3.05) is 13.7 Å². The van der Waals surface area contributed by atoms with Crippen LogP contribution in [0.5, 0.6) is 11.5 Å². The Morgan fingerprint density at radius 1 is 1.17 bits per heavy atom. The van der Waals surface area contributed by atoms with Gasteiger partial charge in [-0.2, -0.15) is 0 Å². The molecule has 1 atom stereocenters. The molecule has 1 aromatic carbocycles. The third-order valence-electron chi connectivity index (χ3n) is 2.88. The first-order chi connectivity index (χ1) is 8.56. The highest BCUT2D eigenvalue weighted by atomic mass is 16.5. The number of benzene rings is 1. The maximum atomic E-state index is 5.98. The molecular weight excluding hydrogens is 226 g/mol. The van der Waals surface area contributed by atoms with Crippen molar-refractivity contribution in [2.45, 2.75) is 39.7 Å². The van der Waals surface area contributed by atoms with Gasteiger partial charge in [-0.15, -0.1) is 0 Å². The Morgan fingerprint density at radius 2 is 1.83 bits per heavy atom. The third kappa shape index (κ3) is 4.22. The van der Waals surface area contributed by atoms with E-state index in [0.29, 0.717) is 5.92 Å². The fourth-order valence-electron chi connectivity index (χ4n) is 1.95. The second kappa shape index (κ2) is 7.27. The normalized spacial score (nSPS) is 12.6. The van der Waals surface area contributed by atoms with Gasteiger partial charge in [0.2, 0.25) is 0 Å². The monoisotopic (exact) mass is 251 g/mol. The Bertz CT molecular complexity index is 362. The lowest BCUT2D eigenvalue weighted by atomic mass is 10.1. The van der Waals surface area contributed by atoms with Crippen LogP contribution in [0.1, 0.15) is 45.2 Å². The van der Waals surface area contributed by atoms with E-state index >= 15 is 0 Å². The molecule has 0 radical (unpaired) electrons. The van der Waals surface area contributed by atoms with Crippen LogP contribution in [0.25, 0.3) is 0 Å². The Kier molecular flexibility index (Phi) is 5.99. The van der Waals surface area contributed by atoms with Gasteiger partial charge in [0.15, 0.2) is 0 Å². The Hall–Kier alpha value is -1.22.